The van der Waals surface area contributed by atoms with E-state index in [-0.39, 0.29) is 11.2 Å². The Labute approximate surface area is 145 Å². The fourth-order valence-electron chi connectivity index (χ4n) is 4.40. The lowest BCUT2D eigenvalue weighted by molar-refractivity contribution is 0.0984. The Morgan fingerprint density at radius 2 is 2.17 bits per heavy atom. The lowest BCUT2D eigenvalue weighted by atomic mass is 9.58. The molecule has 1 aliphatic carbocycles. The Morgan fingerprint density at radius 3 is 3.12 bits per heavy atom. The van der Waals surface area contributed by atoms with Gasteiger partial charge in [-0.05, 0) is 29.3 Å². The van der Waals surface area contributed by atoms with Crippen molar-refractivity contribution in [1.82, 2.24) is 5.32 Å². The van der Waals surface area contributed by atoms with Gasteiger partial charge in [0.1, 0.15) is 5.75 Å². The Bertz CT molecular complexity index is 834. The first-order chi connectivity index (χ1) is 11.8. The molecule has 3 nitrogen and oxygen atoms in total. The molecule has 0 unspecified atom stereocenters. The Morgan fingerprint density at radius 1 is 1.25 bits per heavy atom. The molecule has 1 saturated heterocycles. The van der Waals surface area contributed by atoms with Crippen molar-refractivity contribution in [1.29, 1.82) is 0 Å². The van der Waals surface area contributed by atoms with E-state index >= 15 is 0 Å². The summed E-state index contributed by atoms with van der Waals surface area (Å²) in [6.45, 7) is 2.66. The van der Waals surface area contributed by atoms with E-state index in [1.165, 1.54) is 11.1 Å². The summed E-state index contributed by atoms with van der Waals surface area (Å²) in [5, 5.41) is 3.53. The van der Waals surface area contributed by atoms with Gasteiger partial charge in [0.05, 0.1) is 12.0 Å². The third-order valence-corrected chi connectivity index (χ3v) is 6.74. The van der Waals surface area contributed by atoms with E-state index in [0.29, 0.717) is 18.9 Å². The zero-order valence-corrected chi connectivity index (χ0v) is 14.2. The van der Waals surface area contributed by atoms with Crippen molar-refractivity contribution in [2.75, 3.05) is 25.4 Å². The zero-order valence-electron chi connectivity index (χ0n) is 13.4. The standard InChI is InChI=1S/C20H19NO2S/c22-18-7-8-24-19-6-5-13(9-15(18)19)23-12-20-11-21-10-17(20)14-3-1-2-4-16(14)20/h1-6,9,17,21H,7-8,10-12H2/t17-,20-/m0/s1. The van der Waals surface area contributed by atoms with Crippen LogP contribution in [0.4, 0.5) is 0 Å². The molecule has 5 rings (SSSR count). The average Bonchev–Trinajstić information content (AvgIpc) is 2.98. The van der Waals surface area contributed by atoms with E-state index in [9.17, 15) is 4.79 Å². The molecular weight excluding hydrogens is 318 g/mol. The number of thioether (sulfide) groups is 1. The molecule has 122 valence electrons. The molecule has 3 aliphatic rings. The number of nitrogens with one attached hydrogen (secondary N) is 1. The average molecular weight is 337 g/mol. The van der Waals surface area contributed by atoms with Crippen LogP contribution in [-0.2, 0) is 5.41 Å². The van der Waals surface area contributed by atoms with Gasteiger partial charge in [0.25, 0.3) is 0 Å². The summed E-state index contributed by atoms with van der Waals surface area (Å²) in [4.78, 5) is 13.2. The molecule has 0 amide bonds. The van der Waals surface area contributed by atoms with Gasteiger partial charge in [-0.2, -0.15) is 0 Å². The van der Waals surface area contributed by atoms with Gasteiger partial charge in [-0.25, -0.2) is 0 Å². The molecule has 24 heavy (non-hydrogen) atoms. The number of carbonyl (C=O) groups is 1. The van der Waals surface area contributed by atoms with Crippen molar-refractivity contribution in [2.24, 2.45) is 0 Å². The summed E-state index contributed by atoms with van der Waals surface area (Å²) in [6.07, 6.45) is 0.629. The minimum atomic E-state index is 0.0885. The molecule has 2 aromatic rings. The monoisotopic (exact) mass is 337 g/mol. The van der Waals surface area contributed by atoms with Crippen molar-refractivity contribution < 1.29 is 9.53 Å². The quantitative estimate of drug-likeness (QED) is 0.932. The van der Waals surface area contributed by atoms with Crippen LogP contribution >= 0.6 is 11.8 Å². The largest absolute Gasteiger partial charge is 0.493 e. The van der Waals surface area contributed by atoms with E-state index in [1.807, 2.05) is 18.2 Å². The molecule has 2 atom stereocenters. The predicted molar refractivity (Wildman–Crippen MR) is 95.3 cm³/mol. The minimum Gasteiger partial charge on any atom is -0.493 e. The number of carbonyl (C=O) groups excluding carboxylic acids is 1. The molecule has 0 saturated carbocycles. The van der Waals surface area contributed by atoms with Crippen molar-refractivity contribution >= 4 is 17.5 Å². The van der Waals surface area contributed by atoms with E-state index < -0.39 is 0 Å². The summed E-state index contributed by atoms with van der Waals surface area (Å²) < 4.78 is 6.18. The summed E-state index contributed by atoms with van der Waals surface area (Å²) in [5.41, 5.74) is 3.80. The van der Waals surface area contributed by atoms with Gasteiger partial charge in [0.2, 0.25) is 0 Å². The van der Waals surface area contributed by atoms with Crippen molar-refractivity contribution in [3.63, 3.8) is 0 Å². The number of hydrogen-bond donors (Lipinski definition) is 1. The van der Waals surface area contributed by atoms with Crippen molar-refractivity contribution in [2.45, 2.75) is 22.6 Å². The first-order valence-corrected chi connectivity index (χ1v) is 9.49. The van der Waals surface area contributed by atoms with Crippen molar-refractivity contribution in [3.05, 3.63) is 59.2 Å². The molecule has 0 bridgehead atoms. The second kappa shape index (κ2) is 5.36. The topological polar surface area (TPSA) is 38.3 Å². The molecule has 1 N–H and O–H groups in total. The van der Waals surface area contributed by atoms with Crippen LogP contribution in [0.2, 0.25) is 0 Å². The third kappa shape index (κ3) is 1.99. The Hall–Kier alpha value is -1.78. The first kappa shape index (κ1) is 14.6. The summed E-state index contributed by atoms with van der Waals surface area (Å²) in [6, 6.07) is 14.7. The molecular formula is C20H19NO2S. The lowest BCUT2D eigenvalue weighted by Gasteiger charge is -2.46. The molecule has 0 aromatic heterocycles. The highest BCUT2D eigenvalue weighted by Crippen LogP contribution is 2.53. The number of rotatable bonds is 3. The SMILES string of the molecule is O=C1CCSc2ccc(OC[C@]34CNC[C@H]3c3ccccc34)cc21. The molecule has 2 aliphatic heterocycles. The van der Waals surface area contributed by atoms with Crippen LogP contribution in [0.15, 0.2) is 47.4 Å². The number of fused-ring (bicyclic) bond motifs is 5. The smallest absolute Gasteiger partial charge is 0.164 e. The molecule has 2 heterocycles. The normalized spacial score (nSPS) is 27.0. The fraction of sp³-hybridized carbons (Fsp3) is 0.350. The lowest BCUT2D eigenvalue weighted by Crippen LogP contribution is -2.48. The second-order valence-electron chi connectivity index (χ2n) is 6.90. The Balaban J connectivity index is 1.40. The molecule has 2 aromatic carbocycles. The maximum absolute atomic E-state index is 12.1. The first-order valence-electron chi connectivity index (χ1n) is 8.51. The molecule has 4 heteroatoms. The van der Waals surface area contributed by atoms with E-state index in [2.05, 4.69) is 29.6 Å². The van der Waals surface area contributed by atoms with Crippen LogP contribution < -0.4 is 10.1 Å². The van der Waals surface area contributed by atoms with Gasteiger partial charge in [-0.3, -0.25) is 4.79 Å². The third-order valence-electron chi connectivity index (χ3n) is 5.66. The van der Waals surface area contributed by atoms with Crippen LogP contribution in [-0.4, -0.2) is 31.2 Å². The highest BCUT2D eigenvalue weighted by atomic mass is 32.2. The highest BCUT2D eigenvalue weighted by Gasteiger charge is 2.54. The number of benzene rings is 2. The Kier molecular flexibility index (Phi) is 3.25. The molecule has 0 radical (unpaired) electrons. The van der Waals surface area contributed by atoms with Gasteiger partial charge in [0.15, 0.2) is 5.78 Å². The second-order valence-corrected chi connectivity index (χ2v) is 8.03. The maximum atomic E-state index is 12.1. The van der Waals surface area contributed by atoms with E-state index in [1.54, 1.807) is 11.8 Å². The molecule has 0 spiro atoms. The number of hydrogen-bond acceptors (Lipinski definition) is 4. The fourth-order valence-corrected chi connectivity index (χ4v) is 5.40. The predicted octanol–water partition coefficient (Wildman–Crippen LogP) is 3.38. The van der Waals surface area contributed by atoms with Gasteiger partial charge in [-0.15, -0.1) is 11.8 Å². The number of ether oxygens (including phenoxy) is 1. The van der Waals surface area contributed by atoms with Gasteiger partial charge >= 0.3 is 0 Å². The van der Waals surface area contributed by atoms with Crippen LogP contribution in [0, 0.1) is 0 Å². The number of ketones is 1. The minimum absolute atomic E-state index is 0.0885. The summed E-state index contributed by atoms with van der Waals surface area (Å²) in [5.74, 6) is 2.48. The van der Waals surface area contributed by atoms with Crippen LogP contribution in [0.25, 0.3) is 0 Å². The van der Waals surface area contributed by atoms with E-state index in [4.69, 9.17) is 4.74 Å². The highest BCUT2D eigenvalue weighted by molar-refractivity contribution is 7.99. The maximum Gasteiger partial charge on any atom is 0.164 e. The van der Waals surface area contributed by atoms with Gasteiger partial charge in [0, 0.05) is 41.6 Å². The number of Topliss-reactive ketones (excluding diaryl/α,β-unsaturated/α-hetero) is 1. The van der Waals surface area contributed by atoms with Crippen LogP contribution in [0.1, 0.15) is 33.8 Å². The van der Waals surface area contributed by atoms with E-state index in [0.717, 1.165) is 35.1 Å². The summed E-state index contributed by atoms with van der Waals surface area (Å²) in [7, 11) is 0. The van der Waals surface area contributed by atoms with Crippen molar-refractivity contribution in [3.8, 4) is 5.75 Å². The molecule has 1 fully saturated rings. The van der Waals surface area contributed by atoms with Crippen LogP contribution in [0.5, 0.6) is 5.75 Å². The van der Waals surface area contributed by atoms with Gasteiger partial charge in [-0.1, -0.05) is 24.3 Å². The summed E-state index contributed by atoms with van der Waals surface area (Å²) >= 11 is 1.76. The zero-order chi connectivity index (χ0) is 16.1. The van der Waals surface area contributed by atoms with Gasteiger partial charge < -0.3 is 10.1 Å². The van der Waals surface area contributed by atoms with Crippen LogP contribution in [0.3, 0.4) is 0 Å².